The summed E-state index contributed by atoms with van der Waals surface area (Å²) in [5, 5.41) is 8.47. The van der Waals surface area contributed by atoms with Crippen molar-refractivity contribution in [3.63, 3.8) is 0 Å². The molecular formula is C11H7F4NO2. The number of nitriles is 1. The maximum atomic E-state index is 13.5. The van der Waals surface area contributed by atoms with Gasteiger partial charge in [-0.05, 0) is 19.1 Å². The van der Waals surface area contributed by atoms with Gasteiger partial charge >= 0.3 is 12.1 Å². The van der Waals surface area contributed by atoms with Crippen LogP contribution in [0.15, 0.2) is 12.1 Å². The number of alkyl halides is 3. The Morgan fingerprint density at radius 1 is 1.44 bits per heavy atom. The number of halogens is 4. The van der Waals surface area contributed by atoms with Crippen molar-refractivity contribution in [3.8, 4) is 6.07 Å². The van der Waals surface area contributed by atoms with Crippen LogP contribution >= 0.6 is 0 Å². The number of ether oxygens (including phenoxy) is 1. The average Bonchev–Trinajstić information content (AvgIpc) is 2.27. The monoisotopic (exact) mass is 261 g/mol. The first-order valence-corrected chi connectivity index (χ1v) is 4.79. The summed E-state index contributed by atoms with van der Waals surface area (Å²) in [4.78, 5) is 11.3. The van der Waals surface area contributed by atoms with E-state index in [2.05, 4.69) is 4.74 Å². The van der Waals surface area contributed by atoms with E-state index in [1.165, 1.54) is 13.0 Å². The molecule has 18 heavy (non-hydrogen) atoms. The van der Waals surface area contributed by atoms with Crippen LogP contribution in [0.1, 0.15) is 28.4 Å². The van der Waals surface area contributed by atoms with Crippen molar-refractivity contribution >= 4 is 5.97 Å². The molecular weight excluding hydrogens is 254 g/mol. The molecule has 0 saturated carbocycles. The summed E-state index contributed by atoms with van der Waals surface area (Å²) in [5.41, 5.74) is -3.50. The van der Waals surface area contributed by atoms with Gasteiger partial charge in [0.2, 0.25) is 0 Å². The standard InChI is InChI=1S/C11H7F4NO2/c1-2-18-10(17)7-4-3-6(5-16)9(12)8(7)11(13,14)15/h3-4H,2H2,1H3. The molecule has 1 aromatic carbocycles. The fraction of sp³-hybridized carbons (Fsp3) is 0.273. The molecule has 0 amide bonds. The van der Waals surface area contributed by atoms with E-state index in [1.807, 2.05) is 0 Å². The van der Waals surface area contributed by atoms with E-state index in [1.54, 1.807) is 0 Å². The zero-order chi connectivity index (χ0) is 13.9. The summed E-state index contributed by atoms with van der Waals surface area (Å²) in [6, 6.07) is 2.81. The lowest BCUT2D eigenvalue weighted by molar-refractivity contribution is -0.140. The van der Waals surface area contributed by atoms with E-state index in [0.717, 1.165) is 12.1 Å². The van der Waals surface area contributed by atoms with Gasteiger partial charge in [0.15, 0.2) is 5.82 Å². The highest BCUT2D eigenvalue weighted by Gasteiger charge is 2.40. The van der Waals surface area contributed by atoms with Crippen LogP contribution < -0.4 is 0 Å². The van der Waals surface area contributed by atoms with Crippen molar-refractivity contribution < 1.29 is 27.1 Å². The molecule has 0 fully saturated rings. The van der Waals surface area contributed by atoms with E-state index in [9.17, 15) is 22.4 Å². The highest BCUT2D eigenvalue weighted by atomic mass is 19.4. The van der Waals surface area contributed by atoms with Crippen LogP contribution in [-0.2, 0) is 10.9 Å². The normalized spacial score (nSPS) is 10.9. The number of benzene rings is 1. The highest BCUT2D eigenvalue weighted by molar-refractivity contribution is 5.91. The van der Waals surface area contributed by atoms with Crippen LogP contribution in [-0.4, -0.2) is 12.6 Å². The number of carbonyl (C=O) groups is 1. The lowest BCUT2D eigenvalue weighted by Gasteiger charge is -2.13. The predicted molar refractivity (Wildman–Crippen MR) is 52.1 cm³/mol. The minimum Gasteiger partial charge on any atom is -0.462 e. The van der Waals surface area contributed by atoms with Gasteiger partial charge in [-0.1, -0.05) is 0 Å². The molecule has 7 heteroatoms. The summed E-state index contributed by atoms with van der Waals surface area (Å²) in [7, 11) is 0. The first-order valence-electron chi connectivity index (χ1n) is 4.79. The Labute approximate surface area is 99.6 Å². The van der Waals surface area contributed by atoms with Crippen LogP contribution in [0, 0.1) is 17.1 Å². The molecule has 0 unspecified atom stereocenters. The minimum atomic E-state index is -5.08. The minimum absolute atomic E-state index is 0.141. The molecule has 0 atom stereocenters. The van der Waals surface area contributed by atoms with Crippen molar-refractivity contribution in [1.29, 1.82) is 5.26 Å². The van der Waals surface area contributed by atoms with Crippen molar-refractivity contribution in [2.24, 2.45) is 0 Å². The Hall–Kier alpha value is -2.10. The summed E-state index contributed by atoms with van der Waals surface area (Å²) < 4.78 is 55.9. The lowest BCUT2D eigenvalue weighted by atomic mass is 10.0. The second-order valence-electron chi connectivity index (χ2n) is 3.18. The van der Waals surface area contributed by atoms with Crippen molar-refractivity contribution in [2.45, 2.75) is 13.1 Å². The molecule has 0 aliphatic carbocycles. The van der Waals surface area contributed by atoms with E-state index >= 15 is 0 Å². The molecule has 0 aromatic heterocycles. The van der Waals surface area contributed by atoms with Crippen molar-refractivity contribution in [2.75, 3.05) is 6.61 Å². The third kappa shape index (κ3) is 2.59. The van der Waals surface area contributed by atoms with Crippen molar-refractivity contribution in [3.05, 3.63) is 34.6 Å². The number of esters is 1. The second-order valence-corrected chi connectivity index (χ2v) is 3.18. The number of hydrogen-bond donors (Lipinski definition) is 0. The lowest BCUT2D eigenvalue weighted by Crippen LogP contribution is -2.18. The smallest absolute Gasteiger partial charge is 0.420 e. The molecule has 0 heterocycles. The van der Waals surface area contributed by atoms with Crippen LogP contribution in [0.5, 0.6) is 0 Å². The molecule has 0 spiro atoms. The van der Waals surface area contributed by atoms with Gasteiger partial charge in [0.05, 0.1) is 17.7 Å². The molecule has 0 N–H and O–H groups in total. The zero-order valence-corrected chi connectivity index (χ0v) is 9.14. The van der Waals surface area contributed by atoms with Gasteiger partial charge in [-0.15, -0.1) is 0 Å². The fourth-order valence-corrected chi connectivity index (χ4v) is 1.32. The quantitative estimate of drug-likeness (QED) is 0.607. The summed E-state index contributed by atoms with van der Waals surface area (Å²) in [6.07, 6.45) is -5.08. The number of hydrogen-bond acceptors (Lipinski definition) is 3. The van der Waals surface area contributed by atoms with Gasteiger partial charge in [0.1, 0.15) is 11.6 Å². The number of nitrogens with zero attached hydrogens (tertiary/aromatic N) is 1. The van der Waals surface area contributed by atoms with E-state index in [4.69, 9.17) is 5.26 Å². The maximum absolute atomic E-state index is 13.5. The van der Waals surface area contributed by atoms with Gasteiger partial charge in [0.25, 0.3) is 0 Å². The third-order valence-corrected chi connectivity index (χ3v) is 2.04. The molecule has 3 nitrogen and oxygen atoms in total. The largest absolute Gasteiger partial charge is 0.462 e. The summed E-state index contributed by atoms with van der Waals surface area (Å²) >= 11 is 0. The Balaban J connectivity index is 3.50. The van der Waals surface area contributed by atoms with Gasteiger partial charge in [-0.2, -0.15) is 18.4 Å². The zero-order valence-electron chi connectivity index (χ0n) is 9.14. The van der Waals surface area contributed by atoms with Crippen molar-refractivity contribution in [1.82, 2.24) is 0 Å². The van der Waals surface area contributed by atoms with E-state index < -0.39 is 34.7 Å². The number of carbonyl (C=O) groups excluding carboxylic acids is 1. The second kappa shape index (κ2) is 5.04. The predicted octanol–water partition coefficient (Wildman–Crippen LogP) is 2.89. The average molecular weight is 261 g/mol. The Morgan fingerprint density at radius 2 is 2.06 bits per heavy atom. The molecule has 0 aliphatic heterocycles. The Kier molecular flexibility index (Phi) is 3.91. The molecule has 96 valence electrons. The van der Waals surface area contributed by atoms with E-state index in [0.29, 0.717) is 0 Å². The SMILES string of the molecule is CCOC(=O)c1ccc(C#N)c(F)c1C(F)(F)F. The fourth-order valence-electron chi connectivity index (χ4n) is 1.32. The van der Waals surface area contributed by atoms with Crippen LogP contribution in [0.3, 0.4) is 0 Å². The maximum Gasteiger partial charge on any atom is 0.420 e. The number of rotatable bonds is 2. The van der Waals surface area contributed by atoms with E-state index in [-0.39, 0.29) is 6.61 Å². The molecule has 1 aromatic rings. The first-order chi connectivity index (χ1) is 8.32. The Bertz CT molecular complexity index is 517. The topological polar surface area (TPSA) is 50.1 Å². The van der Waals surface area contributed by atoms with Gasteiger partial charge in [-0.25, -0.2) is 9.18 Å². The summed E-state index contributed by atoms with van der Waals surface area (Å²) in [6.45, 7) is 1.27. The molecule has 0 radical (unpaired) electrons. The summed E-state index contributed by atoms with van der Waals surface area (Å²) in [5.74, 6) is -3.05. The van der Waals surface area contributed by atoms with Gasteiger partial charge < -0.3 is 4.74 Å². The first kappa shape index (κ1) is 14.0. The third-order valence-electron chi connectivity index (χ3n) is 2.04. The molecule has 0 aliphatic rings. The van der Waals surface area contributed by atoms with Gasteiger partial charge in [-0.3, -0.25) is 0 Å². The molecule has 0 saturated heterocycles. The molecule has 1 rings (SSSR count). The van der Waals surface area contributed by atoms with Crippen LogP contribution in [0.4, 0.5) is 17.6 Å². The van der Waals surface area contributed by atoms with Crippen LogP contribution in [0.2, 0.25) is 0 Å². The molecule has 0 bridgehead atoms. The Morgan fingerprint density at radius 3 is 2.50 bits per heavy atom. The van der Waals surface area contributed by atoms with Gasteiger partial charge in [0, 0.05) is 0 Å². The van der Waals surface area contributed by atoms with Crippen LogP contribution in [0.25, 0.3) is 0 Å². The highest BCUT2D eigenvalue weighted by Crippen LogP contribution is 2.35.